The Bertz CT molecular complexity index is 518. The number of phenols is 1. The Kier molecular flexibility index (Phi) is 2.36. The smallest absolute Gasteiger partial charge is 0.339 e. The van der Waals surface area contributed by atoms with Gasteiger partial charge in [0.15, 0.2) is 0 Å². The molecule has 0 radical (unpaired) electrons. The van der Waals surface area contributed by atoms with Crippen LogP contribution in [0.4, 0.5) is 0 Å². The minimum atomic E-state index is -1.11. The van der Waals surface area contributed by atoms with Crippen LogP contribution in [0, 0.1) is 2.88 Å². The fourth-order valence-electron chi connectivity index (χ4n) is 1.24. The van der Waals surface area contributed by atoms with E-state index in [1.165, 1.54) is 17.4 Å². The molecule has 2 aromatic rings. The molecule has 5 heteroatoms. The summed E-state index contributed by atoms with van der Waals surface area (Å²) in [5, 5.41) is 19.0. The van der Waals surface area contributed by atoms with Gasteiger partial charge in [-0.15, -0.1) is 11.3 Å². The highest BCUT2D eigenvalue weighted by atomic mass is 127. The Balaban J connectivity index is 2.80. The predicted molar refractivity (Wildman–Crippen MR) is 63.2 cm³/mol. The summed E-state index contributed by atoms with van der Waals surface area (Å²) in [6.45, 7) is 0. The summed E-state index contributed by atoms with van der Waals surface area (Å²) in [6.07, 6.45) is 0. The van der Waals surface area contributed by atoms with Crippen molar-refractivity contribution in [3.63, 3.8) is 0 Å². The second-order valence-electron chi connectivity index (χ2n) is 2.73. The molecule has 0 saturated carbocycles. The first-order chi connectivity index (χ1) is 6.59. The van der Waals surface area contributed by atoms with Crippen LogP contribution in [0.3, 0.4) is 0 Å². The number of fused-ring (bicyclic) bond motifs is 1. The number of aromatic carboxylic acids is 1. The molecule has 0 amide bonds. The van der Waals surface area contributed by atoms with Gasteiger partial charge in [0.25, 0.3) is 0 Å². The quantitative estimate of drug-likeness (QED) is 0.795. The molecule has 2 rings (SSSR count). The number of carbonyl (C=O) groups is 1. The highest BCUT2D eigenvalue weighted by molar-refractivity contribution is 14.1. The van der Waals surface area contributed by atoms with Gasteiger partial charge in [-0.25, -0.2) is 4.79 Å². The SMILES string of the molecule is O=C(O)c1ccc2sc(I)cc2c1O. The van der Waals surface area contributed by atoms with Gasteiger partial charge in [-0.3, -0.25) is 0 Å². The van der Waals surface area contributed by atoms with Crippen molar-refractivity contribution in [2.45, 2.75) is 0 Å². The Morgan fingerprint density at radius 1 is 1.43 bits per heavy atom. The number of thiophene rings is 1. The van der Waals surface area contributed by atoms with Gasteiger partial charge in [0.2, 0.25) is 0 Å². The van der Waals surface area contributed by atoms with Crippen molar-refractivity contribution >= 4 is 50.0 Å². The van der Waals surface area contributed by atoms with Gasteiger partial charge < -0.3 is 10.2 Å². The number of carboxylic acids is 1. The molecule has 2 N–H and O–H groups in total. The Hall–Kier alpha value is -0.820. The van der Waals surface area contributed by atoms with Crippen LogP contribution in [0.25, 0.3) is 10.1 Å². The van der Waals surface area contributed by atoms with Crippen LogP contribution in [-0.2, 0) is 0 Å². The van der Waals surface area contributed by atoms with Gasteiger partial charge in [0.05, 0.1) is 2.88 Å². The van der Waals surface area contributed by atoms with Gasteiger partial charge in [-0.1, -0.05) is 0 Å². The minimum Gasteiger partial charge on any atom is -0.506 e. The average Bonchev–Trinajstić information content (AvgIpc) is 2.46. The maximum atomic E-state index is 10.7. The summed E-state index contributed by atoms with van der Waals surface area (Å²) >= 11 is 3.66. The van der Waals surface area contributed by atoms with Crippen LogP contribution in [0.5, 0.6) is 5.75 Å². The van der Waals surface area contributed by atoms with Crippen LogP contribution < -0.4 is 0 Å². The Morgan fingerprint density at radius 2 is 2.14 bits per heavy atom. The molecular weight excluding hydrogens is 315 g/mol. The van der Waals surface area contributed by atoms with Crippen molar-refractivity contribution in [1.82, 2.24) is 0 Å². The average molecular weight is 320 g/mol. The fourth-order valence-corrected chi connectivity index (χ4v) is 3.05. The van der Waals surface area contributed by atoms with E-state index in [0.29, 0.717) is 5.39 Å². The summed E-state index contributed by atoms with van der Waals surface area (Å²) in [6, 6.07) is 4.92. The van der Waals surface area contributed by atoms with E-state index in [1.807, 2.05) is 0 Å². The van der Waals surface area contributed by atoms with E-state index >= 15 is 0 Å². The topological polar surface area (TPSA) is 57.5 Å². The van der Waals surface area contributed by atoms with Gasteiger partial charge in [0, 0.05) is 10.1 Å². The summed E-state index contributed by atoms with van der Waals surface area (Å²) in [5.74, 6) is -1.25. The van der Waals surface area contributed by atoms with Gasteiger partial charge in [-0.05, 0) is 40.8 Å². The highest BCUT2D eigenvalue weighted by Crippen LogP contribution is 2.35. The van der Waals surface area contributed by atoms with Crippen LogP contribution in [-0.4, -0.2) is 16.2 Å². The number of carboxylic acid groups (broad SMARTS) is 1. The normalized spacial score (nSPS) is 10.6. The molecule has 1 heterocycles. The third kappa shape index (κ3) is 1.46. The number of rotatable bonds is 1. The van der Waals surface area contributed by atoms with Crippen molar-refractivity contribution in [2.75, 3.05) is 0 Å². The molecule has 0 bridgehead atoms. The Labute approximate surface area is 97.1 Å². The maximum Gasteiger partial charge on any atom is 0.339 e. The minimum absolute atomic E-state index is 0.0494. The molecule has 72 valence electrons. The van der Waals surface area contributed by atoms with E-state index in [4.69, 9.17) is 5.11 Å². The molecule has 0 fully saturated rings. The largest absolute Gasteiger partial charge is 0.506 e. The van der Waals surface area contributed by atoms with Crippen molar-refractivity contribution < 1.29 is 15.0 Å². The van der Waals surface area contributed by atoms with E-state index in [0.717, 1.165) is 7.58 Å². The lowest BCUT2D eigenvalue weighted by molar-refractivity contribution is 0.0694. The molecule has 0 aliphatic carbocycles. The zero-order valence-corrected chi connectivity index (χ0v) is 9.79. The lowest BCUT2D eigenvalue weighted by Gasteiger charge is -1.99. The summed E-state index contributed by atoms with van der Waals surface area (Å²) in [5.41, 5.74) is -0.0494. The molecule has 0 saturated heterocycles. The zero-order chi connectivity index (χ0) is 10.3. The molecular formula is C9H5IO3S. The second kappa shape index (κ2) is 3.39. The third-order valence-corrected chi connectivity index (χ3v) is 3.73. The number of halogens is 1. The van der Waals surface area contributed by atoms with E-state index in [2.05, 4.69) is 22.6 Å². The van der Waals surface area contributed by atoms with Gasteiger partial charge >= 0.3 is 5.97 Å². The van der Waals surface area contributed by atoms with Gasteiger partial charge in [0.1, 0.15) is 11.3 Å². The molecule has 0 unspecified atom stereocenters. The molecule has 3 nitrogen and oxygen atoms in total. The van der Waals surface area contributed by atoms with Crippen molar-refractivity contribution in [3.05, 3.63) is 26.6 Å². The fraction of sp³-hybridized carbons (Fsp3) is 0. The summed E-state index contributed by atoms with van der Waals surface area (Å²) in [7, 11) is 0. The van der Waals surface area contributed by atoms with Crippen LogP contribution in [0.1, 0.15) is 10.4 Å². The van der Waals surface area contributed by atoms with E-state index < -0.39 is 5.97 Å². The van der Waals surface area contributed by atoms with Crippen molar-refractivity contribution in [2.24, 2.45) is 0 Å². The predicted octanol–water partition coefficient (Wildman–Crippen LogP) is 2.91. The van der Waals surface area contributed by atoms with Crippen LogP contribution in [0.15, 0.2) is 18.2 Å². The number of aromatic hydroxyl groups is 1. The highest BCUT2D eigenvalue weighted by Gasteiger charge is 2.13. The second-order valence-corrected chi connectivity index (χ2v) is 5.71. The van der Waals surface area contributed by atoms with E-state index in [9.17, 15) is 9.90 Å². The molecule has 0 aliphatic rings. The molecule has 1 aromatic heterocycles. The molecule has 0 atom stereocenters. The standard InChI is InChI=1S/C9H5IO3S/c10-7-3-5-6(14-7)2-1-4(8(5)11)9(12)13/h1-3,11H,(H,12,13). The monoisotopic (exact) mass is 320 g/mol. The Morgan fingerprint density at radius 3 is 2.79 bits per heavy atom. The molecule has 1 aromatic carbocycles. The molecule has 14 heavy (non-hydrogen) atoms. The van der Waals surface area contributed by atoms with E-state index in [1.54, 1.807) is 12.1 Å². The van der Waals surface area contributed by atoms with Crippen LogP contribution >= 0.6 is 33.9 Å². The summed E-state index contributed by atoms with van der Waals surface area (Å²) < 4.78 is 1.92. The number of benzene rings is 1. The van der Waals surface area contributed by atoms with Crippen molar-refractivity contribution in [3.8, 4) is 5.75 Å². The van der Waals surface area contributed by atoms with E-state index in [-0.39, 0.29) is 11.3 Å². The zero-order valence-electron chi connectivity index (χ0n) is 6.82. The lowest BCUT2D eigenvalue weighted by atomic mass is 10.1. The lowest BCUT2D eigenvalue weighted by Crippen LogP contribution is -1.95. The molecule has 0 spiro atoms. The summed E-state index contributed by atoms with van der Waals surface area (Å²) in [4.78, 5) is 10.7. The first kappa shape index (κ1) is 9.72. The number of hydrogen-bond donors (Lipinski definition) is 2. The number of hydrogen-bond acceptors (Lipinski definition) is 3. The first-order valence-electron chi connectivity index (χ1n) is 3.74. The third-order valence-electron chi connectivity index (χ3n) is 1.87. The van der Waals surface area contributed by atoms with Gasteiger partial charge in [-0.2, -0.15) is 0 Å². The maximum absolute atomic E-state index is 10.7. The van der Waals surface area contributed by atoms with Crippen LogP contribution in [0.2, 0.25) is 0 Å². The van der Waals surface area contributed by atoms with Crippen molar-refractivity contribution in [1.29, 1.82) is 0 Å². The first-order valence-corrected chi connectivity index (χ1v) is 5.63. The molecule has 0 aliphatic heterocycles.